The zero-order valence-corrected chi connectivity index (χ0v) is 16.8. The van der Waals surface area contributed by atoms with Crippen molar-refractivity contribution in [1.82, 2.24) is 0 Å². The number of carbonyl (C=O) groups is 1. The van der Waals surface area contributed by atoms with Crippen molar-refractivity contribution in [2.24, 2.45) is 0 Å². The Bertz CT molecular complexity index is 1010. The average Bonchev–Trinajstić information content (AvgIpc) is 3.14. The predicted molar refractivity (Wildman–Crippen MR) is 122 cm³/mol. The number of ketones is 1. The molecule has 1 heteroatoms. The van der Waals surface area contributed by atoms with E-state index in [0.29, 0.717) is 5.78 Å². The summed E-state index contributed by atoms with van der Waals surface area (Å²) < 4.78 is 0. The molecule has 0 unspecified atom stereocenters. The fourth-order valence-electron chi connectivity index (χ4n) is 5.18. The average molecular weight is 389 g/mol. The first-order valence-corrected chi connectivity index (χ1v) is 10.6. The molecule has 0 spiro atoms. The highest BCUT2D eigenvalue weighted by Gasteiger charge is 2.51. The minimum absolute atomic E-state index is 0.0914. The Balaban J connectivity index is 1.74. The van der Waals surface area contributed by atoms with Crippen LogP contribution in [0.1, 0.15) is 45.9 Å². The molecule has 0 saturated heterocycles. The normalized spacial score (nSPS) is 23.4. The van der Waals surface area contributed by atoms with Crippen molar-refractivity contribution in [2.45, 2.75) is 23.7 Å². The maximum atomic E-state index is 14.1. The standard InChI is InChI=1S/C29H24O/c30-29-27(23-17-9-3-10-18-23)25(21-13-5-1-6-14-21)26(22-15-7-2-8-16-22)28(29)24-19-11-4-12-20-24/h1-20,25-28H/t25-,26-,27-,28+/m1/s1. The monoisotopic (exact) mass is 388 g/mol. The minimum Gasteiger partial charge on any atom is -0.298 e. The third kappa shape index (κ3) is 3.27. The summed E-state index contributed by atoms with van der Waals surface area (Å²) in [6.07, 6.45) is 0. The molecule has 1 aliphatic rings. The minimum atomic E-state index is -0.163. The van der Waals surface area contributed by atoms with Crippen LogP contribution in [0.3, 0.4) is 0 Å². The van der Waals surface area contributed by atoms with E-state index in [1.165, 1.54) is 11.1 Å². The molecule has 0 N–H and O–H groups in total. The first-order valence-electron chi connectivity index (χ1n) is 10.6. The Morgan fingerprint density at radius 2 is 0.633 bits per heavy atom. The number of hydrogen-bond donors (Lipinski definition) is 0. The molecule has 30 heavy (non-hydrogen) atoms. The molecule has 146 valence electrons. The fourth-order valence-corrected chi connectivity index (χ4v) is 5.18. The molecule has 0 aliphatic heterocycles. The van der Waals surface area contributed by atoms with E-state index in [1.807, 2.05) is 48.5 Å². The van der Waals surface area contributed by atoms with Crippen LogP contribution in [-0.2, 0) is 4.79 Å². The molecule has 4 aromatic rings. The number of benzene rings is 4. The maximum Gasteiger partial charge on any atom is 0.149 e. The summed E-state index contributed by atoms with van der Waals surface area (Å²) in [5.74, 6) is 0.172. The summed E-state index contributed by atoms with van der Waals surface area (Å²) in [5.41, 5.74) is 4.67. The highest BCUT2D eigenvalue weighted by Crippen LogP contribution is 2.58. The van der Waals surface area contributed by atoms with Gasteiger partial charge in [0, 0.05) is 11.8 Å². The molecule has 1 aliphatic carbocycles. The van der Waals surface area contributed by atoms with Gasteiger partial charge in [0.25, 0.3) is 0 Å². The van der Waals surface area contributed by atoms with Crippen molar-refractivity contribution < 1.29 is 4.79 Å². The molecular weight excluding hydrogens is 364 g/mol. The summed E-state index contributed by atoms with van der Waals surface area (Å²) in [6, 6.07) is 41.7. The Hall–Kier alpha value is -3.45. The van der Waals surface area contributed by atoms with E-state index in [0.717, 1.165) is 11.1 Å². The molecule has 5 rings (SSSR count). The Kier molecular flexibility index (Phi) is 5.03. The topological polar surface area (TPSA) is 17.1 Å². The van der Waals surface area contributed by atoms with E-state index >= 15 is 0 Å². The van der Waals surface area contributed by atoms with Gasteiger partial charge in [-0.15, -0.1) is 0 Å². The molecule has 0 amide bonds. The highest BCUT2D eigenvalue weighted by atomic mass is 16.1. The van der Waals surface area contributed by atoms with Crippen LogP contribution >= 0.6 is 0 Å². The largest absolute Gasteiger partial charge is 0.298 e. The summed E-state index contributed by atoms with van der Waals surface area (Å²) in [6.45, 7) is 0. The quantitative estimate of drug-likeness (QED) is 0.380. The summed E-state index contributed by atoms with van der Waals surface area (Å²) in [4.78, 5) is 14.1. The van der Waals surface area contributed by atoms with Crippen molar-refractivity contribution in [2.75, 3.05) is 0 Å². The van der Waals surface area contributed by atoms with Crippen LogP contribution in [0.2, 0.25) is 0 Å². The molecule has 0 bridgehead atoms. The molecule has 1 nitrogen and oxygen atoms in total. The summed E-state index contributed by atoms with van der Waals surface area (Å²) in [7, 11) is 0. The van der Waals surface area contributed by atoms with Crippen LogP contribution in [-0.4, -0.2) is 5.78 Å². The van der Waals surface area contributed by atoms with E-state index in [-0.39, 0.29) is 23.7 Å². The predicted octanol–water partition coefficient (Wildman–Crippen LogP) is 6.70. The van der Waals surface area contributed by atoms with E-state index in [2.05, 4.69) is 72.8 Å². The maximum absolute atomic E-state index is 14.1. The smallest absolute Gasteiger partial charge is 0.149 e. The number of carbonyl (C=O) groups excluding carboxylic acids is 1. The first-order chi connectivity index (χ1) is 14.8. The third-order valence-corrected chi connectivity index (χ3v) is 6.40. The lowest BCUT2D eigenvalue weighted by atomic mass is 9.75. The molecule has 0 radical (unpaired) electrons. The number of rotatable bonds is 4. The molecular formula is C29H24O. The van der Waals surface area contributed by atoms with Crippen molar-refractivity contribution in [3.05, 3.63) is 144 Å². The van der Waals surface area contributed by atoms with Gasteiger partial charge in [0.05, 0.1) is 11.8 Å². The zero-order valence-electron chi connectivity index (χ0n) is 16.8. The van der Waals surface area contributed by atoms with Crippen LogP contribution < -0.4 is 0 Å². The zero-order chi connectivity index (χ0) is 20.3. The van der Waals surface area contributed by atoms with E-state index in [1.54, 1.807) is 0 Å². The van der Waals surface area contributed by atoms with Gasteiger partial charge in [-0.3, -0.25) is 4.79 Å². The lowest BCUT2D eigenvalue weighted by Crippen LogP contribution is -2.14. The van der Waals surface area contributed by atoms with Gasteiger partial charge in [-0.25, -0.2) is 0 Å². The Labute approximate surface area is 178 Å². The van der Waals surface area contributed by atoms with Gasteiger partial charge in [-0.05, 0) is 22.3 Å². The first kappa shape index (κ1) is 18.6. The van der Waals surface area contributed by atoms with Crippen LogP contribution in [0.15, 0.2) is 121 Å². The molecule has 1 saturated carbocycles. The van der Waals surface area contributed by atoms with E-state index < -0.39 is 0 Å². The fraction of sp³-hybridized carbons (Fsp3) is 0.138. The van der Waals surface area contributed by atoms with E-state index in [9.17, 15) is 4.79 Å². The lowest BCUT2D eigenvalue weighted by molar-refractivity contribution is -0.120. The van der Waals surface area contributed by atoms with Crippen molar-refractivity contribution in [1.29, 1.82) is 0 Å². The van der Waals surface area contributed by atoms with Gasteiger partial charge in [-0.1, -0.05) is 121 Å². The van der Waals surface area contributed by atoms with Crippen LogP contribution in [0.25, 0.3) is 0 Å². The van der Waals surface area contributed by atoms with Crippen LogP contribution in [0.4, 0.5) is 0 Å². The Morgan fingerprint density at radius 3 is 0.933 bits per heavy atom. The van der Waals surface area contributed by atoms with Crippen molar-refractivity contribution >= 4 is 5.78 Å². The van der Waals surface area contributed by atoms with Gasteiger partial charge < -0.3 is 0 Å². The van der Waals surface area contributed by atoms with Gasteiger partial charge >= 0.3 is 0 Å². The molecule has 1 fully saturated rings. The molecule has 0 aromatic heterocycles. The second kappa shape index (κ2) is 8.12. The van der Waals surface area contributed by atoms with E-state index in [4.69, 9.17) is 0 Å². The second-order valence-electron chi connectivity index (χ2n) is 8.05. The van der Waals surface area contributed by atoms with Gasteiger partial charge in [-0.2, -0.15) is 0 Å². The third-order valence-electron chi connectivity index (χ3n) is 6.40. The second-order valence-corrected chi connectivity index (χ2v) is 8.05. The summed E-state index contributed by atoms with van der Waals surface area (Å²) in [5, 5.41) is 0. The SMILES string of the molecule is O=C1[C@H](c2ccccc2)[C@H](c2ccccc2)[C@@H](c2ccccc2)[C@@H]1c1ccccc1. The van der Waals surface area contributed by atoms with Crippen molar-refractivity contribution in [3.8, 4) is 0 Å². The molecule has 4 aromatic carbocycles. The highest BCUT2D eigenvalue weighted by molar-refractivity contribution is 5.97. The van der Waals surface area contributed by atoms with Crippen LogP contribution in [0.5, 0.6) is 0 Å². The summed E-state index contributed by atoms with van der Waals surface area (Å²) >= 11 is 0. The van der Waals surface area contributed by atoms with Gasteiger partial charge in [0.15, 0.2) is 0 Å². The number of hydrogen-bond acceptors (Lipinski definition) is 1. The Morgan fingerprint density at radius 1 is 0.367 bits per heavy atom. The van der Waals surface area contributed by atoms with Gasteiger partial charge in [0.1, 0.15) is 5.78 Å². The van der Waals surface area contributed by atoms with Crippen molar-refractivity contribution in [3.63, 3.8) is 0 Å². The lowest BCUT2D eigenvalue weighted by Gasteiger charge is -2.27. The van der Waals surface area contributed by atoms with Crippen LogP contribution in [0, 0.1) is 0 Å². The number of Topliss-reactive ketones (excluding diaryl/α,β-unsaturated/α-hetero) is 1. The molecule has 0 heterocycles. The van der Waals surface area contributed by atoms with Gasteiger partial charge in [0.2, 0.25) is 0 Å². The molecule has 4 atom stereocenters.